The highest BCUT2D eigenvalue weighted by molar-refractivity contribution is 6.31. The van der Waals surface area contributed by atoms with E-state index in [0.717, 1.165) is 0 Å². The van der Waals surface area contributed by atoms with Crippen molar-refractivity contribution < 1.29 is 23.8 Å². The Morgan fingerprint density at radius 1 is 1.23 bits per heavy atom. The molecular weight excluding hydrogens is 539 g/mol. The minimum atomic E-state index is -1.50. The Labute approximate surface area is 235 Å². The lowest BCUT2D eigenvalue weighted by Crippen LogP contribution is -2.49. The largest absolute Gasteiger partial charge is 0.490 e. The van der Waals surface area contributed by atoms with E-state index in [4.69, 9.17) is 27.1 Å². The number of anilines is 1. The molecule has 0 spiro atoms. The first-order valence-electron chi connectivity index (χ1n) is 12.5. The van der Waals surface area contributed by atoms with Crippen LogP contribution in [-0.2, 0) is 4.79 Å². The van der Waals surface area contributed by atoms with E-state index in [0.29, 0.717) is 34.0 Å². The van der Waals surface area contributed by atoms with Crippen molar-refractivity contribution >= 4 is 34.8 Å². The van der Waals surface area contributed by atoms with Crippen molar-refractivity contribution in [2.75, 3.05) is 5.73 Å². The summed E-state index contributed by atoms with van der Waals surface area (Å²) >= 11 is 6.41. The first kappa shape index (κ1) is 28.8. The van der Waals surface area contributed by atoms with Gasteiger partial charge < -0.3 is 20.9 Å². The zero-order valence-corrected chi connectivity index (χ0v) is 23.7. The number of carboxylic acids is 1. The molecule has 10 nitrogen and oxygen atoms in total. The van der Waals surface area contributed by atoms with Crippen molar-refractivity contribution in [1.82, 2.24) is 24.7 Å². The lowest BCUT2D eigenvalue weighted by molar-refractivity contribution is -0.143. The second-order valence-electron chi connectivity index (χ2n) is 10.3. The number of nitrogen functional groups attached to an aromatic ring is 1. The number of hydrogen-bond acceptors (Lipinski definition) is 7. The first-order valence-corrected chi connectivity index (χ1v) is 12.9. The van der Waals surface area contributed by atoms with Crippen LogP contribution < -0.4 is 15.8 Å². The van der Waals surface area contributed by atoms with Crippen LogP contribution >= 0.6 is 11.6 Å². The standard InChI is InChI=1S/C28H30ClFN6O4/c1-13(2)40-23-17(14(3)25-34-15(4)22-24(31)32-9-10-36(22)25)11-18(29)21(30)20(23)16-7-8-19(33-12-16)26(37)35-28(5,6)27(38)39/h7-14H,1-6H3,(H2,31,32)(H,35,37)(H,38,39). The second-order valence-corrected chi connectivity index (χ2v) is 10.7. The number of hydrogen-bond donors (Lipinski definition) is 3. The van der Waals surface area contributed by atoms with E-state index >= 15 is 4.39 Å². The molecule has 1 aromatic carbocycles. The number of imidazole rings is 1. The van der Waals surface area contributed by atoms with Crippen molar-refractivity contribution in [3.05, 3.63) is 70.4 Å². The molecule has 0 bridgehead atoms. The number of amides is 1. The van der Waals surface area contributed by atoms with E-state index in [1.165, 1.54) is 38.2 Å². The fraction of sp³-hybridized carbons (Fsp3) is 0.321. The van der Waals surface area contributed by atoms with Crippen LogP contribution in [0, 0.1) is 12.7 Å². The SMILES string of the molecule is Cc1nc(C(C)c2cc(Cl)c(F)c(-c3ccc(C(=O)NC(C)(C)C(=O)O)nc3)c2OC(C)C)n2ccnc(N)c12. The van der Waals surface area contributed by atoms with Crippen molar-refractivity contribution in [2.45, 2.75) is 59.1 Å². The molecule has 3 heterocycles. The summed E-state index contributed by atoms with van der Waals surface area (Å²) in [4.78, 5) is 37.0. The van der Waals surface area contributed by atoms with E-state index in [1.54, 1.807) is 12.4 Å². The number of carbonyl (C=O) groups excluding carboxylic acids is 1. The topological polar surface area (TPSA) is 145 Å². The minimum Gasteiger partial charge on any atom is -0.490 e. The van der Waals surface area contributed by atoms with Gasteiger partial charge in [-0.25, -0.2) is 19.2 Å². The van der Waals surface area contributed by atoms with Gasteiger partial charge in [-0.3, -0.25) is 14.2 Å². The average molecular weight is 569 g/mol. The fourth-order valence-electron chi connectivity index (χ4n) is 4.36. The molecule has 12 heteroatoms. The van der Waals surface area contributed by atoms with Crippen LogP contribution in [0.1, 0.15) is 68.1 Å². The predicted molar refractivity (Wildman–Crippen MR) is 149 cm³/mol. The van der Waals surface area contributed by atoms with Gasteiger partial charge in [0.15, 0.2) is 5.82 Å². The molecule has 4 N–H and O–H groups in total. The molecule has 4 rings (SSSR count). The molecule has 0 aliphatic rings. The number of fused-ring (bicyclic) bond motifs is 1. The Bertz CT molecular complexity index is 1620. The van der Waals surface area contributed by atoms with Crippen LogP contribution in [0.25, 0.3) is 16.6 Å². The number of nitrogens with zero attached hydrogens (tertiary/aromatic N) is 4. The second kappa shape index (κ2) is 10.7. The van der Waals surface area contributed by atoms with Crippen LogP contribution in [0.5, 0.6) is 5.75 Å². The maximum Gasteiger partial charge on any atom is 0.328 e. The highest BCUT2D eigenvalue weighted by Crippen LogP contribution is 2.44. The third-order valence-electron chi connectivity index (χ3n) is 6.44. The van der Waals surface area contributed by atoms with Crippen molar-refractivity contribution in [1.29, 1.82) is 0 Å². The molecule has 0 radical (unpaired) electrons. The zero-order chi connectivity index (χ0) is 29.5. The van der Waals surface area contributed by atoms with Gasteiger partial charge >= 0.3 is 5.97 Å². The molecular formula is C28H30ClFN6O4. The Hall–Kier alpha value is -4.25. The van der Waals surface area contributed by atoms with Gasteiger partial charge in [0.1, 0.15) is 34.1 Å². The van der Waals surface area contributed by atoms with E-state index in [1.807, 2.05) is 32.1 Å². The van der Waals surface area contributed by atoms with Gasteiger partial charge in [0.05, 0.1) is 22.4 Å². The molecule has 1 unspecified atom stereocenters. The van der Waals surface area contributed by atoms with Crippen LogP contribution in [-0.4, -0.2) is 48.0 Å². The number of benzene rings is 1. The number of carbonyl (C=O) groups is 2. The molecule has 0 aliphatic carbocycles. The van der Waals surface area contributed by atoms with Crippen molar-refractivity contribution in [3.63, 3.8) is 0 Å². The molecule has 1 amide bonds. The normalized spacial score (nSPS) is 12.5. The molecule has 4 aromatic rings. The van der Waals surface area contributed by atoms with Crippen LogP contribution in [0.3, 0.4) is 0 Å². The Morgan fingerprint density at radius 2 is 1.93 bits per heavy atom. The zero-order valence-electron chi connectivity index (χ0n) is 22.9. The lowest BCUT2D eigenvalue weighted by Gasteiger charge is -2.23. The number of rotatable bonds is 8. The Balaban J connectivity index is 1.84. The molecule has 40 heavy (non-hydrogen) atoms. The van der Waals surface area contributed by atoms with Crippen LogP contribution in [0.4, 0.5) is 10.2 Å². The summed E-state index contributed by atoms with van der Waals surface area (Å²) < 4.78 is 23.7. The van der Waals surface area contributed by atoms with Gasteiger partial charge in [0.2, 0.25) is 0 Å². The van der Waals surface area contributed by atoms with Gasteiger partial charge in [0, 0.05) is 35.6 Å². The minimum absolute atomic E-state index is 0.0361. The summed E-state index contributed by atoms with van der Waals surface area (Å²) in [6, 6.07) is 4.41. The summed E-state index contributed by atoms with van der Waals surface area (Å²) in [6.07, 6.45) is 4.34. The molecule has 1 atom stereocenters. The molecule has 210 valence electrons. The highest BCUT2D eigenvalue weighted by Gasteiger charge is 2.31. The summed E-state index contributed by atoms with van der Waals surface area (Å²) in [7, 11) is 0. The number of halogens is 2. The summed E-state index contributed by atoms with van der Waals surface area (Å²) in [6.45, 7) is 10.1. The van der Waals surface area contributed by atoms with E-state index < -0.39 is 29.2 Å². The number of aliphatic carboxylic acids is 1. The van der Waals surface area contributed by atoms with Crippen molar-refractivity contribution in [2.24, 2.45) is 0 Å². The number of nitrogens with two attached hydrogens (primary N) is 1. The quantitative estimate of drug-likeness (QED) is 0.269. The number of pyridine rings is 1. The monoisotopic (exact) mass is 568 g/mol. The molecule has 0 aliphatic heterocycles. The van der Waals surface area contributed by atoms with Crippen LogP contribution in [0.2, 0.25) is 5.02 Å². The van der Waals surface area contributed by atoms with Crippen molar-refractivity contribution in [3.8, 4) is 16.9 Å². The molecule has 0 saturated carbocycles. The van der Waals surface area contributed by atoms with Gasteiger partial charge in [-0.05, 0) is 46.8 Å². The third-order valence-corrected chi connectivity index (χ3v) is 6.71. The maximum absolute atomic E-state index is 15.7. The molecule has 0 fully saturated rings. The average Bonchev–Trinajstić information content (AvgIpc) is 3.23. The number of nitrogens with one attached hydrogen (secondary N) is 1. The smallest absolute Gasteiger partial charge is 0.328 e. The lowest BCUT2D eigenvalue weighted by atomic mass is 9.93. The number of aromatic nitrogens is 4. The summed E-state index contributed by atoms with van der Waals surface area (Å²) in [5.74, 6) is -1.78. The molecule has 0 saturated heterocycles. The number of carboxylic acid groups (broad SMARTS) is 1. The number of ether oxygens (including phenoxy) is 1. The maximum atomic E-state index is 15.7. The fourth-order valence-corrected chi connectivity index (χ4v) is 4.57. The van der Waals surface area contributed by atoms with Crippen LogP contribution in [0.15, 0.2) is 36.8 Å². The third kappa shape index (κ3) is 5.29. The highest BCUT2D eigenvalue weighted by atomic mass is 35.5. The predicted octanol–water partition coefficient (Wildman–Crippen LogP) is 5.01. The Morgan fingerprint density at radius 3 is 2.52 bits per heavy atom. The summed E-state index contributed by atoms with van der Waals surface area (Å²) in [5, 5.41) is 11.6. The van der Waals surface area contributed by atoms with Gasteiger partial charge in [-0.2, -0.15) is 0 Å². The van der Waals surface area contributed by atoms with Gasteiger partial charge in [0.25, 0.3) is 5.91 Å². The van der Waals surface area contributed by atoms with E-state index in [-0.39, 0.29) is 28.1 Å². The van der Waals surface area contributed by atoms with E-state index in [2.05, 4.69) is 15.3 Å². The number of aryl methyl sites for hydroxylation is 1. The Kier molecular flexibility index (Phi) is 7.71. The summed E-state index contributed by atoms with van der Waals surface area (Å²) in [5.41, 5.74) is 6.90. The first-order chi connectivity index (χ1) is 18.7. The van der Waals surface area contributed by atoms with Gasteiger partial charge in [-0.15, -0.1) is 0 Å². The van der Waals surface area contributed by atoms with E-state index in [9.17, 15) is 14.7 Å². The van der Waals surface area contributed by atoms with Gasteiger partial charge in [-0.1, -0.05) is 24.6 Å². The molecule has 3 aromatic heterocycles.